The molecular formula is C15H19N3O. The van der Waals surface area contributed by atoms with E-state index in [1.807, 2.05) is 18.2 Å². The van der Waals surface area contributed by atoms with E-state index in [4.69, 9.17) is 0 Å². The number of hydrogen-bond donors (Lipinski definition) is 2. The molecule has 1 fully saturated rings. The average molecular weight is 257 g/mol. The number of benzene rings is 1. The third-order valence-electron chi connectivity index (χ3n) is 3.94. The maximum atomic E-state index is 9.51. The molecule has 0 amide bonds. The lowest BCUT2D eigenvalue weighted by Crippen LogP contribution is -2.23. The van der Waals surface area contributed by atoms with Gasteiger partial charge in [0.1, 0.15) is 0 Å². The summed E-state index contributed by atoms with van der Waals surface area (Å²) in [6.45, 7) is 0.947. The molecule has 4 heteroatoms. The molecule has 100 valence electrons. The Morgan fingerprint density at radius 3 is 2.79 bits per heavy atom. The molecular weight excluding hydrogens is 238 g/mol. The van der Waals surface area contributed by atoms with Crippen molar-refractivity contribution in [2.24, 2.45) is 5.92 Å². The average Bonchev–Trinajstić information content (AvgIpc) is 2.47. The van der Waals surface area contributed by atoms with Gasteiger partial charge in [-0.25, -0.2) is 0 Å². The van der Waals surface area contributed by atoms with Crippen LogP contribution in [0.5, 0.6) is 0 Å². The lowest BCUT2D eigenvalue weighted by molar-refractivity contribution is 0.111. The lowest BCUT2D eigenvalue weighted by atomic mass is 9.87. The van der Waals surface area contributed by atoms with E-state index in [-0.39, 0.29) is 6.10 Å². The first-order valence-corrected chi connectivity index (χ1v) is 6.95. The minimum absolute atomic E-state index is 0.0836. The minimum Gasteiger partial charge on any atom is -0.393 e. The van der Waals surface area contributed by atoms with E-state index in [0.717, 1.165) is 48.8 Å². The third-order valence-corrected chi connectivity index (χ3v) is 3.94. The monoisotopic (exact) mass is 257 g/mol. The van der Waals surface area contributed by atoms with Crippen LogP contribution in [0.3, 0.4) is 0 Å². The number of aromatic nitrogens is 2. The molecule has 2 N–H and O–H groups in total. The van der Waals surface area contributed by atoms with Crippen LogP contribution in [0.2, 0.25) is 0 Å². The zero-order valence-electron chi connectivity index (χ0n) is 10.9. The molecule has 1 heterocycles. The SMILES string of the molecule is OC1CCC(CNc2cnnc3ccccc23)CC1. The number of aliphatic hydroxyl groups is 1. The Hall–Kier alpha value is -1.68. The van der Waals surface area contributed by atoms with Crippen LogP contribution >= 0.6 is 0 Å². The fourth-order valence-corrected chi connectivity index (χ4v) is 2.75. The summed E-state index contributed by atoms with van der Waals surface area (Å²) in [6, 6.07) is 8.04. The number of hydrogen-bond acceptors (Lipinski definition) is 4. The Morgan fingerprint density at radius 2 is 1.95 bits per heavy atom. The fraction of sp³-hybridized carbons (Fsp3) is 0.467. The molecule has 0 aliphatic heterocycles. The first-order chi connectivity index (χ1) is 9.33. The molecule has 1 aromatic carbocycles. The van der Waals surface area contributed by atoms with Crippen LogP contribution in [-0.4, -0.2) is 28.0 Å². The molecule has 1 aromatic heterocycles. The van der Waals surface area contributed by atoms with Crippen LogP contribution in [0, 0.1) is 5.92 Å². The molecule has 2 aromatic rings. The van der Waals surface area contributed by atoms with Gasteiger partial charge >= 0.3 is 0 Å². The molecule has 0 saturated heterocycles. The first-order valence-electron chi connectivity index (χ1n) is 6.95. The van der Waals surface area contributed by atoms with Gasteiger partial charge in [0.2, 0.25) is 0 Å². The van der Waals surface area contributed by atoms with Crippen LogP contribution in [0.1, 0.15) is 25.7 Å². The highest BCUT2D eigenvalue weighted by atomic mass is 16.3. The van der Waals surface area contributed by atoms with Crippen molar-refractivity contribution in [2.45, 2.75) is 31.8 Å². The summed E-state index contributed by atoms with van der Waals surface area (Å²) < 4.78 is 0. The number of rotatable bonds is 3. The molecule has 0 radical (unpaired) electrons. The Balaban J connectivity index is 1.68. The van der Waals surface area contributed by atoms with Crippen molar-refractivity contribution in [2.75, 3.05) is 11.9 Å². The Kier molecular flexibility index (Phi) is 3.60. The summed E-state index contributed by atoms with van der Waals surface area (Å²) in [5.74, 6) is 0.648. The molecule has 0 unspecified atom stereocenters. The quantitative estimate of drug-likeness (QED) is 0.887. The van der Waals surface area contributed by atoms with Crippen molar-refractivity contribution in [1.82, 2.24) is 10.2 Å². The van der Waals surface area contributed by atoms with Gasteiger partial charge in [0.15, 0.2) is 0 Å². The summed E-state index contributed by atoms with van der Waals surface area (Å²) in [7, 11) is 0. The largest absolute Gasteiger partial charge is 0.393 e. The van der Waals surface area contributed by atoms with Gasteiger partial charge in [0.05, 0.1) is 23.5 Å². The first kappa shape index (κ1) is 12.4. The van der Waals surface area contributed by atoms with Crippen LogP contribution < -0.4 is 5.32 Å². The zero-order valence-corrected chi connectivity index (χ0v) is 10.9. The minimum atomic E-state index is -0.0836. The third kappa shape index (κ3) is 2.84. The van der Waals surface area contributed by atoms with Gasteiger partial charge in [0.25, 0.3) is 0 Å². The Labute approximate surface area is 112 Å². The van der Waals surface area contributed by atoms with Gasteiger partial charge in [-0.1, -0.05) is 18.2 Å². The molecule has 19 heavy (non-hydrogen) atoms. The predicted octanol–water partition coefficient (Wildman–Crippen LogP) is 2.59. The van der Waals surface area contributed by atoms with Crippen molar-refractivity contribution in [3.63, 3.8) is 0 Å². The van der Waals surface area contributed by atoms with E-state index in [1.54, 1.807) is 6.20 Å². The molecule has 1 saturated carbocycles. The Morgan fingerprint density at radius 1 is 1.16 bits per heavy atom. The second-order valence-corrected chi connectivity index (χ2v) is 5.33. The maximum Gasteiger partial charge on any atom is 0.0950 e. The molecule has 0 spiro atoms. The fourth-order valence-electron chi connectivity index (χ4n) is 2.75. The van der Waals surface area contributed by atoms with Gasteiger partial charge in [0, 0.05) is 11.9 Å². The van der Waals surface area contributed by atoms with Crippen molar-refractivity contribution < 1.29 is 5.11 Å². The number of nitrogens with one attached hydrogen (secondary N) is 1. The van der Waals surface area contributed by atoms with Crippen molar-refractivity contribution in [3.05, 3.63) is 30.5 Å². The zero-order chi connectivity index (χ0) is 13.1. The highest BCUT2D eigenvalue weighted by Gasteiger charge is 2.19. The van der Waals surface area contributed by atoms with E-state index in [9.17, 15) is 5.11 Å². The second-order valence-electron chi connectivity index (χ2n) is 5.33. The van der Waals surface area contributed by atoms with E-state index < -0.39 is 0 Å². The van der Waals surface area contributed by atoms with Gasteiger partial charge in [-0.15, -0.1) is 0 Å². The van der Waals surface area contributed by atoms with Crippen molar-refractivity contribution in [1.29, 1.82) is 0 Å². The van der Waals surface area contributed by atoms with Crippen LogP contribution in [0.25, 0.3) is 10.9 Å². The van der Waals surface area contributed by atoms with Crippen molar-refractivity contribution in [3.8, 4) is 0 Å². The van der Waals surface area contributed by atoms with Gasteiger partial charge in [-0.3, -0.25) is 0 Å². The van der Waals surface area contributed by atoms with E-state index in [0.29, 0.717) is 5.92 Å². The van der Waals surface area contributed by atoms with E-state index >= 15 is 0 Å². The standard InChI is InChI=1S/C15H19N3O/c19-12-7-5-11(6-8-12)9-16-15-10-17-18-14-4-2-1-3-13(14)15/h1-4,10-12,19H,5-9H2,(H,16,18). The predicted molar refractivity (Wildman–Crippen MR) is 76.0 cm³/mol. The van der Waals surface area contributed by atoms with Crippen LogP contribution in [-0.2, 0) is 0 Å². The summed E-state index contributed by atoms with van der Waals surface area (Å²) >= 11 is 0. The summed E-state index contributed by atoms with van der Waals surface area (Å²) in [6.07, 6.45) is 5.78. The lowest BCUT2D eigenvalue weighted by Gasteiger charge is -2.25. The second kappa shape index (κ2) is 5.53. The topological polar surface area (TPSA) is 58.0 Å². The van der Waals surface area contributed by atoms with Gasteiger partial charge in [-0.05, 0) is 37.7 Å². The van der Waals surface area contributed by atoms with Crippen LogP contribution in [0.15, 0.2) is 30.5 Å². The smallest absolute Gasteiger partial charge is 0.0950 e. The maximum absolute atomic E-state index is 9.51. The Bertz CT molecular complexity index is 545. The molecule has 0 bridgehead atoms. The summed E-state index contributed by atoms with van der Waals surface area (Å²) in [4.78, 5) is 0. The number of aliphatic hydroxyl groups excluding tert-OH is 1. The number of nitrogens with zero attached hydrogens (tertiary/aromatic N) is 2. The normalized spacial score (nSPS) is 23.4. The van der Waals surface area contributed by atoms with E-state index in [2.05, 4.69) is 21.6 Å². The molecule has 4 nitrogen and oxygen atoms in total. The molecule has 1 aliphatic carbocycles. The van der Waals surface area contributed by atoms with Crippen LogP contribution in [0.4, 0.5) is 5.69 Å². The van der Waals surface area contributed by atoms with Gasteiger partial charge < -0.3 is 10.4 Å². The molecule has 0 atom stereocenters. The number of fused-ring (bicyclic) bond motifs is 1. The summed E-state index contributed by atoms with van der Waals surface area (Å²) in [5, 5.41) is 22.3. The summed E-state index contributed by atoms with van der Waals surface area (Å²) in [5.41, 5.74) is 1.98. The molecule has 1 aliphatic rings. The van der Waals surface area contributed by atoms with Gasteiger partial charge in [-0.2, -0.15) is 10.2 Å². The van der Waals surface area contributed by atoms with E-state index in [1.165, 1.54) is 0 Å². The van der Waals surface area contributed by atoms with Crippen molar-refractivity contribution >= 4 is 16.6 Å². The molecule has 3 rings (SSSR count). The highest BCUT2D eigenvalue weighted by molar-refractivity contribution is 5.90. The highest BCUT2D eigenvalue weighted by Crippen LogP contribution is 2.26. The number of anilines is 1.